The molecular weight excluding hydrogens is 270 g/mol. The maximum absolute atomic E-state index is 9.63. The Labute approximate surface area is 105 Å². The third kappa shape index (κ3) is 4.96. The monoisotopic (exact) mass is 287 g/mol. The number of hydrogen-bond acceptors (Lipinski definition) is 3. The average molecular weight is 288 g/mol. The summed E-state index contributed by atoms with van der Waals surface area (Å²) in [5, 5.41) is 12.8. The van der Waals surface area contributed by atoms with Gasteiger partial charge >= 0.3 is 0 Å². The Morgan fingerprint density at radius 2 is 2.19 bits per heavy atom. The summed E-state index contributed by atoms with van der Waals surface area (Å²) in [5.41, 5.74) is 0. The first-order valence-electron chi connectivity index (χ1n) is 5.50. The molecule has 4 heteroatoms. The Kier molecular flexibility index (Phi) is 6.45. The second-order valence-corrected chi connectivity index (χ2v) is 4.45. The Morgan fingerprint density at radius 1 is 1.44 bits per heavy atom. The summed E-state index contributed by atoms with van der Waals surface area (Å²) < 4.78 is 6.40. The highest BCUT2D eigenvalue weighted by molar-refractivity contribution is 9.10. The Hall–Kier alpha value is -0.580. The third-order valence-corrected chi connectivity index (χ3v) is 2.73. The molecule has 1 unspecified atom stereocenters. The van der Waals surface area contributed by atoms with Crippen molar-refractivity contribution in [2.45, 2.75) is 19.4 Å². The minimum Gasteiger partial charge on any atom is -0.490 e. The van der Waals surface area contributed by atoms with Crippen LogP contribution in [0.25, 0.3) is 0 Å². The van der Waals surface area contributed by atoms with Crippen LogP contribution in [0.2, 0.25) is 0 Å². The molecule has 0 heterocycles. The van der Waals surface area contributed by atoms with Gasteiger partial charge < -0.3 is 15.2 Å². The fourth-order valence-electron chi connectivity index (χ4n) is 1.25. The Bertz CT molecular complexity index is 307. The molecule has 3 nitrogen and oxygen atoms in total. The van der Waals surface area contributed by atoms with E-state index in [0.717, 1.165) is 23.2 Å². The first-order chi connectivity index (χ1) is 7.74. The molecule has 1 aromatic carbocycles. The molecule has 0 aliphatic rings. The van der Waals surface area contributed by atoms with Gasteiger partial charge in [-0.05, 0) is 41.0 Å². The highest BCUT2D eigenvalue weighted by atomic mass is 79.9. The largest absolute Gasteiger partial charge is 0.490 e. The third-order valence-electron chi connectivity index (χ3n) is 2.07. The van der Waals surface area contributed by atoms with Gasteiger partial charge in [0.25, 0.3) is 0 Å². The van der Waals surface area contributed by atoms with E-state index in [1.807, 2.05) is 24.3 Å². The van der Waals surface area contributed by atoms with Crippen molar-refractivity contribution < 1.29 is 9.84 Å². The number of halogens is 1. The van der Waals surface area contributed by atoms with Crippen molar-refractivity contribution in [1.82, 2.24) is 5.32 Å². The number of nitrogens with one attached hydrogen (secondary N) is 1. The van der Waals surface area contributed by atoms with Crippen LogP contribution in [0.4, 0.5) is 0 Å². The quantitative estimate of drug-likeness (QED) is 0.756. The lowest BCUT2D eigenvalue weighted by atomic mass is 10.3. The lowest BCUT2D eigenvalue weighted by Gasteiger charge is -2.13. The zero-order chi connectivity index (χ0) is 11.8. The van der Waals surface area contributed by atoms with E-state index >= 15 is 0 Å². The Morgan fingerprint density at radius 3 is 2.88 bits per heavy atom. The summed E-state index contributed by atoms with van der Waals surface area (Å²) in [6.45, 7) is 3.89. The van der Waals surface area contributed by atoms with E-state index in [1.54, 1.807) is 0 Å². The summed E-state index contributed by atoms with van der Waals surface area (Å²) in [4.78, 5) is 0. The standard InChI is InChI=1S/C12H18BrNO2/c1-2-7-14-8-10(15)9-16-12-6-4-3-5-11(12)13/h3-6,10,14-15H,2,7-9H2,1H3. The number of benzene rings is 1. The van der Waals surface area contributed by atoms with Crippen LogP contribution in [0.1, 0.15) is 13.3 Å². The molecule has 1 aromatic rings. The molecule has 0 aliphatic carbocycles. The topological polar surface area (TPSA) is 41.5 Å². The van der Waals surface area contributed by atoms with Gasteiger partial charge in [0, 0.05) is 6.54 Å². The predicted molar refractivity (Wildman–Crippen MR) is 68.8 cm³/mol. The fourth-order valence-corrected chi connectivity index (χ4v) is 1.65. The van der Waals surface area contributed by atoms with E-state index < -0.39 is 6.10 Å². The summed E-state index contributed by atoms with van der Waals surface area (Å²) in [6, 6.07) is 7.62. The molecule has 1 rings (SSSR count). The van der Waals surface area contributed by atoms with Crippen molar-refractivity contribution in [3.8, 4) is 5.75 Å². The molecule has 1 atom stereocenters. The molecule has 0 bridgehead atoms. The summed E-state index contributed by atoms with van der Waals surface area (Å²) in [7, 11) is 0. The molecule has 0 fully saturated rings. The SMILES string of the molecule is CCCNCC(O)COc1ccccc1Br. The molecule has 0 amide bonds. The van der Waals surface area contributed by atoms with E-state index in [4.69, 9.17) is 4.74 Å². The van der Waals surface area contributed by atoms with Gasteiger partial charge in [-0.15, -0.1) is 0 Å². The van der Waals surface area contributed by atoms with Crippen LogP contribution >= 0.6 is 15.9 Å². The van der Waals surface area contributed by atoms with Gasteiger partial charge in [-0.1, -0.05) is 19.1 Å². The first kappa shape index (κ1) is 13.5. The smallest absolute Gasteiger partial charge is 0.133 e. The van der Waals surface area contributed by atoms with Crippen molar-refractivity contribution in [2.24, 2.45) is 0 Å². The lowest BCUT2D eigenvalue weighted by molar-refractivity contribution is 0.106. The average Bonchev–Trinajstić information content (AvgIpc) is 2.28. The van der Waals surface area contributed by atoms with E-state index in [2.05, 4.69) is 28.2 Å². The molecule has 0 radical (unpaired) electrons. The van der Waals surface area contributed by atoms with E-state index in [-0.39, 0.29) is 0 Å². The van der Waals surface area contributed by atoms with Crippen molar-refractivity contribution in [2.75, 3.05) is 19.7 Å². The molecule has 0 saturated heterocycles. The van der Waals surface area contributed by atoms with E-state index in [0.29, 0.717) is 13.2 Å². The van der Waals surface area contributed by atoms with Crippen LogP contribution in [-0.2, 0) is 0 Å². The zero-order valence-electron chi connectivity index (χ0n) is 9.45. The van der Waals surface area contributed by atoms with Crippen LogP contribution in [0, 0.1) is 0 Å². The maximum Gasteiger partial charge on any atom is 0.133 e. The molecule has 0 aliphatic heterocycles. The normalized spacial score (nSPS) is 12.4. The lowest BCUT2D eigenvalue weighted by Crippen LogP contribution is -2.31. The summed E-state index contributed by atoms with van der Waals surface area (Å²) >= 11 is 3.39. The molecule has 90 valence electrons. The molecule has 2 N–H and O–H groups in total. The number of ether oxygens (including phenoxy) is 1. The number of aliphatic hydroxyl groups excluding tert-OH is 1. The van der Waals surface area contributed by atoms with Crippen molar-refractivity contribution >= 4 is 15.9 Å². The summed E-state index contributed by atoms with van der Waals surface area (Å²) in [6.07, 6.45) is 0.594. The van der Waals surface area contributed by atoms with Crippen LogP contribution in [0.3, 0.4) is 0 Å². The molecule has 0 spiro atoms. The van der Waals surface area contributed by atoms with Gasteiger partial charge in [-0.25, -0.2) is 0 Å². The number of rotatable bonds is 7. The van der Waals surface area contributed by atoms with Crippen molar-refractivity contribution in [3.05, 3.63) is 28.7 Å². The van der Waals surface area contributed by atoms with Gasteiger partial charge in [0.2, 0.25) is 0 Å². The van der Waals surface area contributed by atoms with Gasteiger partial charge in [-0.3, -0.25) is 0 Å². The van der Waals surface area contributed by atoms with Gasteiger partial charge in [-0.2, -0.15) is 0 Å². The minimum atomic E-state index is -0.473. The fraction of sp³-hybridized carbons (Fsp3) is 0.500. The zero-order valence-corrected chi connectivity index (χ0v) is 11.0. The first-order valence-corrected chi connectivity index (χ1v) is 6.29. The summed E-state index contributed by atoms with van der Waals surface area (Å²) in [5.74, 6) is 0.761. The number of hydrogen-bond donors (Lipinski definition) is 2. The molecule has 16 heavy (non-hydrogen) atoms. The highest BCUT2D eigenvalue weighted by Gasteiger charge is 2.05. The molecular formula is C12H18BrNO2. The van der Waals surface area contributed by atoms with Crippen molar-refractivity contribution in [1.29, 1.82) is 0 Å². The number of aliphatic hydroxyl groups is 1. The minimum absolute atomic E-state index is 0.305. The highest BCUT2D eigenvalue weighted by Crippen LogP contribution is 2.23. The Balaban J connectivity index is 2.26. The molecule has 0 saturated carbocycles. The van der Waals surface area contributed by atoms with Gasteiger partial charge in [0.1, 0.15) is 18.5 Å². The van der Waals surface area contributed by atoms with E-state index in [1.165, 1.54) is 0 Å². The molecule has 0 aromatic heterocycles. The second-order valence-electron chi connectivity index (χ2n) is 3.60. The van der Waals surface area contributed by atoms with Crippen LogP contribution < -0.4 is 10.1 Å². The predicted octanol–water partition coefficient (Wildman–Crippen LogP) is 2.19. The van der Waals surface area contributed by atoms with Crippen LogP contribution in [0.15, 0.2) is 28.7 Å². The van der Waals surface area contributed by atoms with Gasteiger partial charge in [0.05, 0.1) is 4.47 Å². The van der Waals surface area contributed by atoms with Crippen LogP contribution in [0.5, 0.6) is 5.75 Å². The second kappa shape index (κ2) is 7.65. The van der Waals surface area contributed by atoms with Crippen molar-refractivity contribution in [3.63, 3.8) is 0 Å². The van der Waals surface area contributed by atoms with Gasteiger partial charge in [0.15, 0.2) is 0 Å². The number of para-hydroxylation sites is 1. The van der Waals surface area contributed by atoms with E-state index in [9.17, 15) is 5.11 Å². The maximum atomic E-state index is 9.63. The van der Waals surface area contributed by atoms with Crippen LogP contribution in [-0.4, -0.2) is 30.9 Å².